The van der Waals surface area contributed by atoms with Crippen LogP contribution in [0.15, 0.2) is 24.3 Å². The highest BCUT2D eigenvalue weighted by atomic mass is 16.5. The maximum Gasteiger partial charge on any atom is 0.260 e. The molecular formula is C21H28N2O4. The van der Waals surface area contributed by atoms with Crippen LogP contribution in [0.5, 0.6) is 5.75 Å². The Morgan fingerprint density at radius 1 is 1.11 bits per heavy atom. The summed E-state index contributed by atoms with van der Waals surface area (Å²) in [5.74, 6) is 2.90. The van der Waals surface area contributed by atoms with Gasteiger partial charge in [0.05, 0.1) is 13.2 Å². The summed E-state index contributed by atoms with van der Waals surface area (Å²) < 4.78 is 10.8. The second kappa shape index (κ2) is 8.30. The third kappa shape index (κ3) is 4.61. The SMILES string of the molecule is O=C(C[C@@H]1C[C@H]2CC[C@H]1C2)Nc1ccc(OCC(=O)N2CCOCC2)cc1. The predicted octanol–water partition coefficient (Wildman–Crippen LogP) is 2.69. The number of rotatable bonds is 6. The molecule has 27 heavy (non-hydrogen) atoms. The average Bonchev–Trinajstić information content (AvgIpc) is 3.31. The molecule has 0 aromatic heterocycles. The number of carbonyl (C=O) groups excluding carboxylic acids is 2. The molecule has 2 amide bonds. The van der Waals surface area contributed by atoms with Crippen molar-refractivity contribution in [3.63, 3.8) is 0 Å². The molecule has 3 fully saturated rings. The van der Waals surface area contributed by atoms with E-state index >= 15 is 0 Å². The molecular weight excluding hydrogens is 344 g/mol. The van der Waals surface area contributed by atoms with E-state index in [1.54, 1.807) is 17.0 Å². The Kier molecular flexibility index (Phi) is 5.62. The van der Waals surface area contributed by atoms with Gasteiger partial charge >= 0.3 is 0 Å². The first-order valence-electron chi connectivity index (χ1n) is 10.1. The zero-order valence-electron chi connectivity index (χ0n) is 15.7. The van der Waals surface area contributed by atoms with Gasteiger partial charge in [-0.2, -0.15) is 0 Å². The molecule has 2 bridgehead atoms. The smallest absolute Gasteiger partial charge is 0.260 e. The highest BCUT2D eigenvalue weighted by molar-refractivity contribution is 5.91. The molecule has 1 aromatic carbocycles. The van der Waals surface area contributed by atoms with E-state index in [9.17, 15) is 9.59 Å². The fourth-order valence-corrected chi connectivity index (χ4v) is 4.76. The number of hydrogen-bond donors (Lipinski definition) is 1. The second-order valence-electron chi connectivity index (χ2n) is 7.99. The molecule has 1 heterocycles. The first-order chi connectivity index (χ1) is 13.2. The van der Waals surface area contributed by atoms with Gasteiger partial charge in [-0.15, -0.1) is 0 Å². The van der Waals surface area contributed by atoms with Crippen LogP contribution < -0.4 is 10.1 Å². The van der Waals surface area contributed by atoms with Gasteiger partial charge < -0.3 is 19.7 Å². The molecule has 0 unspecified atom stereocenters. The first-order valence-corrected chi connectivity index (χ1v) is 10.1. The van der Waals surface area contributed by atoms with E-state index in [1.165, 1.54) is 25.7 Å². The second-order valence-corrected chi connectivity index (χ2v) is 7.99. The van der Waals surface area contributed by atoms with Crippen molar-refractivity contribution < 1.29 is 19.1 Å². The van der Waals surface area contributed by atoms with E-state index in [-0.39, 0.29) is 18.4 Å². The minimum atomic E-state index is -0.0264. The van der Waals surface area contributed by atoms with Gasteiger partial charge in [0.15, 0.2) is 6.61 Å². The van der Waals surface area contributed by atoms with Gasteiger partial charge in [0.2, 0.25) is 5.91 Å². The van der Waals surface area contributed by atoms with Crippen molar-refractivity contribution in [3.8, 4) is 5.75 Å². The van der Waals surface area contributed by atoms with Gasteiger partial charge in [-0.3, -0.25) is 9.59 Å². The molecule has 1 aliphatic heterocycles. The maximum atomic E-state index is 12.3. The van der Waals surface area contributed by atoms with Crippen LogP contribution in [0.3, 0.4) is 0 Å². The Morgan fingerprint density at radius 2 is 1.89 bits per heavy atom. The Hall–Kier alpha value is -2.08. The predicted molar refractivity (Wildman–Crippen MR) is 102 cm³/mol. The molecule has 3 aliphatic rings. The van der Waals surface area contributed by atoms with Crippen molar-refractivity contribution in [1.82, 2.24) is 4.90 Å². The Labute approximate surface area is 160 Å². The maximum absolute atomic E-state index is 12.3. The van der Waals surface area contributed by atoms with Crippen LogP contribution >= 0.6 is 0 Å². The molecule has 2 aliphatic carbocycles. The molecule has 1 saturated heterocycles. The highest BCUT2D eigenvalue weighted by Crippen LogP contribution is 2.49. The van der Waals surface area contributed by atoms with Crippen LogP contribution in [0.4, 0.5) is 5.69 Å². The zero-order valence-corrected chi connectivity index (χ0v) is 15.7. The number of morpholine rings is 1. The number of hydrogen-bond acceptors (Lipinski definition) is 4. The van der Waals surface area contributed by atoms with Crippen molar-refractivity contribution >= 4 is 17.5 Å². The summed E-state index contributed by atoms with van der Waals surface area (Å²) in [6, 6.07) is 7.24. The van der Waals surface area contributed by atoms with Gasteiger partial charge in [-0.05, 0) is 61.3 Å². The Morgan fingerprint density at radius 3 is 2.56 bits per heavy atom. The van der Waals surface area contributed by atoms with Crippen LogP contribution in [-0.4, -0.2) is 49.6 Å². The molecule has 0 radical (unpaired) electrons. The van der Waals surface area contributed by atoms with E-state index in [0.29, 0.717) is 44.4 Å². The van der Waals surface area contributed by atoms with Gasteiger partial charge in [-0.25, -0.2) is 0 Å². The number of nitrogens with one attached hydrogen (secondary N) is 1. The summed E-state index contributed by atoms with van der Waals surface area (Å²) in [6.07, 6.45) is 5.85. The van der Waals surface area contributed by atoms with Gasteiger partial charge in [0, 0.05) is 25.2 Å². The molecule has 1 N–H and O–H groups in total. The molecule has 6 nitrogen and oxygen atoms in total. The molecule has 146 valence electrons. The lowest BCUT2D eigenvalue weighted by molar-refractivity contribution is -0.137. The molecule has 2 saturated carbocycles. The van der Waals surface area contributed by atoms with Crippen LogP contribution in [0, 0.1) is 17.8 Å². The summed E-state index contributed by atoms with van der Waals surface area (Å²) in [6.45, 7) is 2.44. The number of ether oxygens (including phenoxy) is 2. The van der Waals surface area contributed by atoms with Crippen LogP contribution in [0.2, 0.25) is 0 Å². The first kappa shape index (κ1) is 18.3. The van der Waals surface area contributed by atoms with Gasteiger partial charge in [0.25, 0.3) is 5.91 Å². The largest absolute Gasteiger partial charge is 0.484 e. The van der Waals surface area contributed by atoms with Crippen LogP contribution in [0.1, 0.15) is 32.1 Å². The summed E-state index contributed by atoms with van der Waals surface area (Å²) in [7, 11) is 0. The number of benzene rings is 1. The summed E-state index contributed by atoms with van der Waals surface area (Å²) in [5.41, 5.74) is 0.773. The number of amides is 2. The van der Waals surface area contributed by atoms with Crippen molar-refractivity contribution in [2.45, 2.75) is 32.1 Å². The van der Waals surface area contributed by atoms with Crippen molar-refractivity contribution in [2.75, 3.05) is 38.2 Å². The number of fused-ring (bicyclic) bond motifs is 2. The van der Waals surface area contributed by atoms with E-state index in [1.807, 2.05) is 12.1 Å². The molecule has 6 heteroatoms. The lowest BCUT2D eigenvalue weighted by Crippen LogP contribution is -2.42. The van der Waals surface area contributed by atoms with E-state index in [2.05, 4.69) is 5.32 Å². The van der Waals surface area contributed by atoms with Crippen LogP contribution in [-0.2, 0) is 14.3 Å². The fourth-order valence-electron chi connectivity index (χ4n) is 4.76. The lowest BCUT2D eigenvalue weighted by atomic mass is 9.86. The van der Waals surface area contributed by atoms with Crippen molar-refractivity contribution in [3.05, 3.63) is 24.3 Å². The average molecular weight is 372 g/mol. The summed E-state index contributed by atoms with van der Waals surface area (Å²) >= 11 is 0. The zero-order chi connectivity index (χ0) is 18.6. The molecule has 3 atom stereocenters. The number of nitrogens with zero attached hydrogens (tertiary/aromatic N) is 1. The quantitative estimate of drug-likeness (QED) is 0.834. The van der Waals surface area contributed by atoms with Crippen molar-refractivity contribution in [1.29, 1.82) is 0 Å². The summed E-state index contributed by atoms with van der Waals surface area (Å²) in [5, 5.41) is 2.99. The lowest BCUT2D eigenvalue weighted by Gasteiger charge is -2.26. The third-order valence-corrected chi connectivity index (χ3v) is 6.20. The minimum Gasteiger partial charge on any atom is -0.484 e. The number of carbonyl (C=O) groups is 2. The standard InChI is InChI=1S/C21H28N2O4/c24-20(13-17-12-15-1-2-16(17)11-15)22-18-3-5-19(6-4-18)27-14-21(25)23-7-9-26-10-8-23/h3-6,15-17H,1-2,7-14H2,(H,22,24)/t15-,16-,17-/m0/s1. The molecule has 4 rings (SSSR count). The Bertz CT molecular complexity index is 669. The van der Waals surface area contributed by atoms with E-state index in [4.69, 9.17) is 9.47 Å². The topological polar surface area (TPSA) is 67.9 Å². The Balaban J connectivity index is 1.21. The third-order valence-electron chi connectivity index (χ3n) is 6.20. The number of anilines is 1. The monoisotopic (exact) mass is 372 g/mol. The van der Waals surface area contributed by atoms with Gasteiger partial charge in [-0.1, -0.05) is 6.42 Å². The normalized spacial score (nSPS) is 26.8. The van der Waals surface area contributed by atoms with Gasteiger partial charge in [0.1, 0.15) is 5.75 Å². The fraction of sp³-hybridized carbons (Fsp3) is 0.619. The summed E-state index contributed by atoms with van der Waals surface area (Å²) in [4.78, 5) is 26.2. The molecule has 1 aromatic rings. The highest BCUT2D eigenvalue weighted by Gasteiger charge is 2.40. The van der Waals surface area contributed by atoms with Crippen LogP contribution in [0.25, 0.3) is 0 Å². The van der Waals surface area contributed by atoms with Crippen molar-refractivity contribution in [2.24, 2.45) is 17.8 Å². The van der Waals surface area contributed by atoms with E-state index in [0.717, 1.165) is 17.5 Å². The minimum absolute atomic E-state index is 0.0238. The van der Waals surface area contributed by atoms with E-state index < -0.39 is 0 Å². The molecule has 0 spiro atoms.